The normalized spacial score (nSPS) is 13.5. The van der Waals surface area contributed by atoms with Gasteiger partial charge in [-0.25, -0.2) is 0 Å². The number of rotatable bonds is 8. The second-order valence-corrected chi connectivity index (χ2v) is 5.54. The van der Waals surface area contributed by atoms with Crippen LogP contribution < -0.4 is 5.32 Å². The topological polar surface area (TPSA) is 24.5 Å². The highest BCUT2D eigenvalue weighted by molar-refractivity contribution is 7.09. The highest BCUT2D eigenvalue weighted by atomic mass is 32.1. The van der Waals surface area contributed by atoms with Gasteiger partial charge in [-0.05, 0) is 32.3 Å². The van der Waals surface area contributed by atoms with Crippen LogP contribution in [0.3, 0.4) is 0 Å². The molecule has 1 N–H and O–H groups in total. The first-order valence-electron chi connectivity index (χ1n) is 6.10. The van der Waals surface area contributed by atoms with E-state index in [1.165, 1.54) is 4.88 Å². The van der Waals surface area contributed by atoms with Crippen molar-refractivity contribution < 1.29 is 4.74 Å². The summed E-state index contributed by atoms with van der Waals surface area (Å²) in [6.45, 7) is 7.21. The van der Waals surface area contributed by atoms with Crippen LogP contribution in [0.1, 0.15) is 18.7 Å². The van der Waals surface area contributed by atoms with Crippen LogP contribution in [-0.4, -0.2) is 44.3 Å². The fourth-order valence-electron chi connectivity index (χ4n) is 2.02. The molecule has 0 radical (unpaired) electrons. The maximum Gasteiger partial charge on any atom is 0.0630 e. The molecule has 0 aromatic carbocycles. The van der Waals surface area contributed by atoms with E-state index >= 15 is 0 Å². The summed E-state index contributed by atoms with van der Waals surface area (Å²) < 4.78 is 5.33. The Morgan fingerprint density at radius 3 is 2.71 bits per heavy atom. The molecule has 0 bridgehead atoms. The first-order valence-corrected chi connectivity index (χ1v) is 6.98. The van der Waals surface area contributed by atoms with Gasteiger partial charge < -0.3 is 10.1 Å². The molecule has 1 rings (SSSR count). The molecule has 0 spiro atoms. The number of likely N-dealkylation sites (N-methyl/N-ethyl adjacent to an activating group) is 1. The molecule has 1 heterocycles. The van der Waals surface area contributed by atoms with E-state index in [0.717, 1.165) is 19.7 Å². The van der Waals surface area contributed by atoms with Crippen molar-refractivity contribution in [3.8, 4) is 0 Å². The minimum absolute atomic E-state index is 0.423. The van der Waals surface area contributed by atoms with Crippen molar-refractivity contribution in [1.82, 2.24) is 10.2 Å². The number of methoxy groups -OCH3 is 1. The van der Waals surface area contributed by atoms with Crippen molar-refractivity contribution in [2.75, 3.05) is 27.3 Å². The third-order valence-electron chi connectivity index (χ3n) is 2.85. The second kappa shape index (κ2) is 7.82. The average Bonchev–Trinajstić information content (AvgIpc) is 2.78. The maximum absolute atomic E-state index is 5.33. The summed E-state index contributed by atoms with van der Waals surface area (Å²) in [7, 11) is 3.76. The van der Waals surface area contributed by atoms with Crippen LogP contribution in [-0.2, 0) is 11.3 Å². The Kier molecular flexibility index (Phi) is 6.73. The van der Waals surface area contributed by atoms with E-state index in [0.29, 0.717) is 12.1 Å². The van der Waals surface area contributed by atoms with Crippen molar-refractivity contribution in [2.45, 2.75) is 32.5 Å². The first kappa shape index (κ1) is 14.6. The zero-order valence-corrected chi connectivity index (χ0v) is 12.1. The molecule has 98 valence electrons. The van der Waals surface area contributed by atoms with Crippen molar-refractivity contribution in [2.24, 2.45) is 0 Å². The lowest BCUT2D eigenvalue weighted by molar-refractivity contribution is 0.0656. The van der Waals surface area contributed by atoms with Gasteiger partial charge in [0.05, 0.1) is 6.61 Å². The van der Waals surface area contributed by atoms with E-state index in [1.807, 2.05) is 18.4 Å². The molecule has 0 amide bonds. The summed E-state index contributed by atoms with van der Waals surface area (Å²) in [5.74, 6) is 0. The summed E-state index contributed by atoms with van der Waals surface area (Å²) in [6.07, 6.45) is 0. The van der Waals surface area contributed by atoms with Gasteiger partial charge in [0.25, 0.3) is 0 Å². The fraction of sp³-hybridized carbons (Fsp3) is 0.692. The zero-order valence-electron chi connectivity index (χ0n) is 11.3. The lowest BCUT2D eigenvalue weighted by Gasteiger charge is -2.34. The molecule has 3 nitrogen and oxygen atoms in total. The number of nitrogens with one attached hydrogen (secondary N) is 1. The van der Waals surface area contributed by atoms with Gasteiger partial charge in [-0.1, -0.05) is 6.07 Å². The Morgan fingerprint density at radius 2 is 2.24 bits per heavy atom. The highest BCUT2D eigenvalue weighted by Gasteiger charge is 2.21. The summed E-state index contributed by atoms with van der Waals surface area (Å²) in [4.78, 5) is 3.90. The number of thiophene rings is 1. The molecule has 0 fully saturated rings. The van der Waals surface area contributed by atoms with Gasteiger partial charge in [0.2, 0.25) is 0 Å². The third kappa shape index (κ3) is 4.76. The van der Waals surface area contributed by atoms with Gasteiger partial charge in [-0.15, -0.1) is 11.3 Å². The van der Waals surface area contributed by atoms with Crippen LogP contribution >= 0.6 is 11.3 Å². The zero-order chi connectivity index (χ0) is 12.7. The van der Waals surface area contributed by atoms with Crippen LogP contribution in [0, 0.1) is 0 Å². The Labute approximate surface area is 109 Å². The highest BCUT2D eigenvalue weighted by Crippen LogP contribution is 2.16. The SMILES string of the molecule is CNCC(COC)N(Cc1cccs1)C(C)C. The first-order chi connectivity index (χ1) is 8.19. The van der Waals surface area contributed by atoms with Crippen LogP contribution in [0.2, 0.25) is 0 Å². The molecule has 17 heavy (non-hydrogen) atoms. The fourth-order valence-corrected chi connectivity index (χ4v) is 2.73. The van der Waals surface area contributed by atoms with Crippen LogP contribution in [0.25, 0.3) is 0 Å². The number of hydrogen-bond acceptors (Lipinski definition) is 4. The van der Waals surface area contributed by atoms with E-state index in [1.54, 1.807) is 7.11 Å². The Bertz CT molecular complexity index is 282. The lowest BCUT2D eigenvalue weighted by Crippen LogP contribution is -2.47. The molecule has 0 aliphatic heterocycles. The summed E-state index contributed by atoms with van der Waals surface area (Å²) in [5, 5.41) is 5.39. The van der Waals surface area contributed by atoms with Gasteiger partial charge >= 0.3 is 0 Å². The van der Waals surface area contributed by atoms with Crippen LogP contribution in [0.15, 0.2) is 17.5 Å². The number of hydrogen-bond donors (Lipinski definition) is 1. The van der Waals surface area contributed by atoms with Crippen molar-refractivity contribution in [3.05, 3.63) is 22.4 Å². The maximum atomic E-state index is 5.33. The summed E-state index contributed by atoms with van der Waals surface area (Å²) in [6, 6.07) is 5.25. The van der Waals surface area contributed by atoms with Crippen molar-refractivity contribution in [3.63, 3.8) is 0 Å². The minimum Gasteiger partial charge on any atom is -0.383 e. The van der Waals surface area contributed by atoms with Gasteiger partial charge in [0.1, 0.15) is 0 Å². The Balaban J connectivity index is 2.67. The molecule has 1 unspecified atom stereocenters. The molecule has 1 aromatic heterocycles. The van der Waals surface area contributed by atoms with Gasteiger partial charge in [0, 0.05) is 37.2 Å². The van der Waals surface area contributed by atoms with Crippen LogP contribution in [0.5, 0.6) is 0 Å². The van der Waals surface area contributed by atoms with E-state index in [2.05, 4.69) is 41.6 Å². The third-order valence-corrected chi connectivity index (χ3v) is 3.71. The van der Waals surface area contributed by atoms with Crippen molar-refractivity contribution >= 4 is 11.3 Å². The smallest absolute Gasteiger partial charge is 0.0630 e. The molecular formula is C13H24N2OS. The quantitative estimate of drug-likeness (QED) is 0.771. The van der Waals surface area contributed by atoms with Gasteiger partial charge in [-0.3, -0.25) is 4.90 Å². The predicted octanol–water partition coefficient (Wildman–Crippen LogP) is 2.19. The van der Waals surface area contributed by atoms with E-state index in [9.17, 15) is 0 Å². The molecular weight excluding hydrogens is 232 g/mol. The lowest BCUT2D eigenvalue weighted by atomic mass is 10.2. The minimum atomic E-state index is 0.423. The molecule has 1 aromatic rings. The monoisotopic (exact) mass is 256 g/mol. The summed E-state index contributed by atoms with van der Waals surface area (Å²) >= 11 is 1.82. The molecule has 0 saturated carbocycles. The van der Waals surface area contributed by atoms with Gasteiger partial charge in [0.15, 0.2) is 0 Å². The van der Waals surface area contributed by atoms with Gasteiger partial charge in [-0.2, -0.15) is 0 Å². The van der Waals surface area contributed by atoms with E-state index in [4.69, 9.17) is 4.74 Å². The van der Waals surface area contributed by atoms with E-state index in [-0.39, 0.29) is 0 Å². The van der Waals surface area contributed by atoms with Crippen molar-refractivity contribution in [1.29, 1.82) is 0 Å². The Hall–Kier alpha value is -0.420. The number of nitrogens with zero attached hydrogens (tertiary/aromatic N) is 1. The van der Waals surface area contributed by atoms with E-state index < -0.39 is 0 Å². The molecule has 0 aliphatic rings. The molecule has 0 aliphatic carbocycles. The summed E-state index contributed by atoms with van der Waals surface area (Å²) in [5.41, 5.74) is 0. The second-order valence-electron chi connectivity index (χ2n) is 4.51. The molecule has 1 atom stereocenters. The average molecular weight is 256 g/mol. The van der Waals surface area contributed by atoms with Crippen LogP contribution in [0.4, 0.5) is 0 Å². The predicted molar refractivity (Wildman–Crippen MR) is 74.6 cm³/mol. The molecule has 4 heteroatoms. The molecule has 0 saturated heterocycles. The largest absolute Gasteiger partial charge is 0.383 e. The standard InChI is InChI=1S/C13H24N2OS/c1-11(2)15(9-13-6-5-7-17-13)12(8-14-3)10-16-4/h5-7,11-12,14H,8-10H2,1-4H3. The Morgan fingerprint density at radius 1 is 1.47 bits per heavy atom. The number of ether oxygens (including phenoxy) is 1.